The van der Waals surface area contributed by atoms with Crippen molar-refractivity contribution in [2.75, 3.05) is 26.2 Å². The Hall–Kier alpha value is -3.36. The van der Waals surface area contributed by atoms with Crippen LogP contribution in [0.4, 0.5) is 8.78 Å². The van der Waals surface area contributed by atoms with Gasteiger partial charge in [-0.05, 0) is 107 Å². The van der Waals surface area contributed by atoms with Crippen LogP contribution >= 0.6 is 0 Å². The van der Waals surface area contributed by atoms with Crippen molar-refractivity contribution in [3.05, 3.63) is 106 Å². The number of aryl methyl sites for hydroxylation is 2. The molecular weight excluding hydrogens is 530 g/mol. The van der Waals surface area contributed by atoms with Gasteiger partial charge in [0.15, 0.2) is 0 Å². The zero-order valence-corrected chi connectivity index (χ0v) is 25.0. The van der Waals surface area contributed by atoms with Gasteiger partial charge in [0.2, 0.25) is 0 Å². The SMILES string of the molecule is CCn1nc(Cc2cccc(F)c2)cc1C1CCNCC1.CCn1nc(Cc2ccccc2F)cc1C1CCNCC1. The van der Waals surface area contributed by atoms with Gasteiger partial charge in [0.05, 0.1) is 11.4 Å². The van der Waals surface area contributed by atoms with E-state index in [-0.39, 0.29) is 11.6 Å². The highest BCUT2D eigenvalue weighted by molar-refractivity contribution is 5.26. The van der Waals surface area contributed by atoms with Gasteiger partial charge in [-0.15, -0.1) is 0 Å². The Morgan fingerprint density at radius 2 is 1.24 bits per heavy atom. The van der Waals surface area contributed by atoms with Crippen LogP contribution in [0.2, 0.25) is 0 Å². The van der Waals surface area contributed by atoms with Gasteiger partial charge in [0.25, 0.3) is 0 Å². The van der Waals surface area contributed by atoms with Gasteiger partial charge in [0.1, 0.15) is 11.6 Å². The first-order chi connectivity index (χ1) is 20.5. The molecule has 4 heterocycles. The highest BCUT2D eigenvalue weighted by Crippen LogP contribution is 2.28. The molecule has 224 valence electrons. The van der Waals surface area contributed by atoms with Crippen molar-refractivity contribution in [3.8, 4) is 0 Å². The third-order valence-corrected chi connectivity index (χ3v) is 8.44. The molecule has 0 amide bonds. The van der Waals surface area contributed by atoms with E-state index in [4.69, 9.17) is 5.10 Å². The molecule has 2 aliphatic rings. The third kappa shape index (κ3) is 7.72. The van der Waals surface area contributed by atoms with E-state index in [0.717, 1.165) is 74.6 Å². The lowest BCUT2D eigenvalue weighted by Gasteiger charge is -2.23. The van der Waals surface area contributed by atoms with Gasteiger partial charge in [-0.3, -0.25) is 9.36 Å². The number of hydrogen-bond acceptors (Lipinski definition) is 4. The molecule has 42 heavy (non-hydrogen) atoms. The van der Waals surface area contributed by atoms with Crippen LogP contribution in [0.15, 0.2) is 60.7 Å². The molecule has 2 aromatic carbocycles. The van der Waals surface area contributed by atoms with Crippen molar-refractivity contribution in [3.63, 3.8) is 0 Å². The fraction of sp³-hybridized carbons (Fsp3) is 0.471. The van der Waals surface area contributed by atoms with Crippen LogP contribution in [0.1, 0.15) is 85.3 Å². The van der Waals surface area contributed by atoms with Crippen molar-refractivity contribution < 1.29 is 8.78 Å². The quantitative estimate of drug-likeness (QED) is 0.263. The van der Waals surface area contributed by atoms with Crippen LogP contribution in [0, 0.1) is 11.6 Å². The zero-order chi connectivity index (χ0) is 29.3. The number of benzene rings is 2. The number of aromatic nitrogens is 4. The summed E-state index contributed by atoms with van der Waals surface area (Å²) in [5, 5.41) is 16.2. The fourth-order valence-electron chi connectivity index (χ4n) is 6.24. The minimum absolute atomic E-state index is 0.146. The maximum Gasteiger partial charge on any atom is 0.126 e. The monoisotopic (exact) mass is 574 g/mol. The van der Waals surface area contributed by atoms with E-state index in [1.165, 1.54) is 36.4 Å². The number of hydrogen-bond donors (Lipinski definition) is 2. The van der Waals surface area contributed by atoms with E-state index < -0.39 is 0 Å². The second-order valence-electron chi connectivity index (χ2n) is 11.4. The molecule has 2 N–H and O–H groups in total. The summed E-state index contributed by atoms with van der Waals surface area (Å²) < 4.78 is 31.3. The van der Waals surface area contributed by atoms with E-state index in [1.807, 2.05) is 18.2 Å². The Bertz CT molecular complexity index is 1420. The summed E-state index contributed by atoms with van der Waals surface area (Å²) in [7, 11) is 0. The second kappa shape index (κ2) is 14.7. The molecule has 0 unspecified atom stereocenters. The molecule has 2 aromatic heterocycles. The fourth-order valence-corrected chi connectivity index (χ4v) is 6.24. The van der Waals surface area contributed by atoms with Crippen molar-refractivity contribution in [2.45, 2.75) is 77.3 Å². The molecule has 0 radical (unpaired) electrons. The Balaban J connectivity index is 0.000000168. The Morgan fingerprint density at radius 3 is 1.76 bits per heavy atom. The molecule has 6 nitrogen and oxygen atoms in total. The number of nitrogens with one attached hydrogen (secondary N) is 2. The first-order valence-corrected chi connectivity index (χ1v) is 15.6. The summed E-state index contributed by atoms with van der Waals surface area (Å²) in [5.74, 6) is 0.848. The highest BCUT2D eigenvalue weighted by Gasteiger charge is 2.21. The van der Waals surface area contributed by atoms with E-state index in [2.05, 4.69) is 51.1 Å². The van der Waals surface area contributed by atoms with Gasteiger partial charge < -0.3 is 10.6 Å². The summed E-state index contributed by atoms with van der Waals surface area (Å²) >= 11 is 0. The topological polar surface area (TPSA) is 59.7 Å². The van der Waals surface area contributed by atoms with Gasteiger partial charge in [0, 0.05) is 49.2 Å². The van der Waals surface area contributed by atoms with Crippen LogP contribution in [0.25, 0.3) is 0 Å². The predicted molar refractivity (Wildman–Crippen MR) is 164 cm³/mol. The summed E-state index contributed by atoms with van der Waals surface area (Å²) in [5.41, 5.74) is 6.35. The van der Waals surface area contributed by atoms with Crippen molar-refractivity contribution in [2.24, 2.45) is 0 Å². The van der Waals surface area contributed by atoms with Crippen LogP contribution in [0.3, 0.4) is 0 Å². The molecule has 2 aliphatic heterocycles. The van der Waals surface area contributed by atoms with Gasteiger partial charge in [-0.2, -0.15) is 10.2 Å². The molecule has 0 spiro atoms. The third-order valence-electron chi connectivity index (χ3n) is 8.44. The van der Waals surface area contributed by atoms with E-state index in [0.29, 0.717) is 24.7 Å². The van der Waals surface area contributed by atoms with E-state index in [9.17, 15) is 8.78 Å². The summed E-state index contributed by atoms with van der Waals surface area (Å²) in [4.78, 5) is 0. The van der Waals surface area contributed by atoms with Crippen LogP contribution in [-0.4, -0.2) is 45.7 Å². The van der Waals surface area contributed by atoms with Crippen molar-refractivity contribution >= 4 is 0 Å². The van der Waals surface area contributed by atoms with Crippen LogP contribution in [-0.2, 0) is 25.9 Å². The highest BCUT2D eigenvalue weighted by atomic mass is 19.1. The van der Waals surface area contributed by atoms with Gasteiger partial charge in [-0.1, -0.05) is 30.3 Å². The average molecular weight is 575 g/mol. The standard InChI is InChI=1S/2C17H22FN3/c1-2-21-17(14-6-8-19-9-7-14)12-16(20-21)11-13-4-3-5-15(18)10-13;1-2-21-17(13-7-9-19-10-8-13)12-15(20-21)11-14-5-3-4-6-16(14)18/h3-5,10,12,14,19H,2,6-9,11H2,1H3;3-6,12-13,19H,2,7-11H2,1H3. The maximum atomic E-state index is 13.8. The smallest absolute Gasteiger partial charge is 0.126 e. The Labute approximate surface area is 248 Å². The molecule has 6 rings (SSSR count). The number of piperidine rings is 2. The largest absolute Gasteiger partial charge is 0.317 e. The minimum atomic E-state index is -0.180. The van der Waals surface area contributed by atoms with Crippen LogP contribution < -0.4 is 10.6 Å². The Morgan fingerprint density at radius 1 is 0.690 bits per heavy atom. The van der Waals surface area contributed by atoms with Gasteiger partial charge in [-0.25, -0.2) is 8.78 Å². The molecule has 0 bridgehead atoms. The predicted octanol–water partition coefficient (Wildman–Crippen LogP) is 6.20. The molecular formula is C34H44F2N6. The first kappa shape index (κ1) is 30.1. The second-order valence-corrected chi connectivity index (χ2v) is 11.4. The van der Waals surface area contributed by atoms with Crippen LogP contribution in [0.5, 0.6) is 0 Å². The summed E-state index contributed by atoms with van der Waals surface area (Å²) in [6.45, 7) is 10.3. The number of halogens is 2. The lowest BCUT2D eigenvalue weighted by atomic mass is 9.94. The van der Waals surface area contributed by atoms with E-state index >= 15 is 0 Å². The van der Waals surface area contributed by atoms with Crippen molar-refractivity contribution in [1.29, 1.82) is 0 Å². The molecule has 8 heteroatoms. The zero-order valence-electron chi connectivity index (χ0n) is 25.0. The average Bonchev–Trinajstić information content (AvgIpc) is 3.63. The Kier molecular flexibility index (Phi) is 10.5. The summed E-state index contributed by atoms with van der Waals surface area (Å²) in [6, 6.07) is 18.1. The van der Waals surface area contributed by atoms with Gasteiger partial charge >= 0.3 is 0 Å². The molecule has 0 saturated carbocycles. The van der Waals surface area contributed by atoms with E-state index in [1.54, 1.807) is 18.2 Å². The minimum Gasteiger partial charge on any atom is -0.317 e. The molecule has 2 fully saturated rings. The lowest BCUT2D eigenvalue weighted by Crippen LogP contribution is -2.27. The molecule has 2 saturated heterocycles. The maximum absolute atomic E-state index is 13.8. The molecule has 0 aliphatic carbocycles. The van der Waals surface area contributed by atoms with Crippen molar-refractivity contribution in [1.82, 2.24) is 30.2 Å². The lowest BCUT2D eigenvalue weighted by molar-refractivity contribution is 0.432. The normalized spacial score (nSPS) is 16.3. The summed E-state index contributed by atoms with van der Waals surface area (Å²) in [6.07, 6.45) is 5.92. The molecule has 4 aromatic rings. The molecule has 0 atom stereocenters. The first-order valence-electron chi connectivity index (χ1n) is 15.6. The number of nitrogens with zero attached hydrogens (tertiary/aromatic N) is 4. The number of rotatable bonds is 8.